The van der Waals surface area contributed by atoms with Crippen LogP contribution in [0.4, 0.5) is 0 Å². The predicted molar refractivity (Wildman–Crippen MR) is 526 cm³/mol. The second-order valence-corrected chi connectivity index (χ2v) is 34.3. The van der Waals surface area contributed by atoms with E-state index in [1.54, 1.807) is 105 Å². The van der Waals surface area contributed by atoms with E-state index < -0.39 is 48.8 Å². The van der Waals surface area contributed by atoms with E-state index in [0.29, 0.717) is 112 Å². The standard InChI is InChI=1S/C14H21NO2.C13H18O.C12H16O2.C12H16O.C11H14O2.2C10H12O4.C10H14O4.2C9H10O4/c1-4-11-7-6-8-12(9-11)13(5-2)17-14(16)10(3)15;1-2-13(14)12-8-7-10-5-3-4-6-11(10)9-12;13-8-12(14)11-6-5-9-3-1-2-4-10(9)7-11;1-2-12(13)11-7-6-9-4-3-5-10(9)8-11;12-7-11(13)10-5-4-8-2-1-3-9(8)6-10;2*11-6-8(12)7-1-2-9-10(5-7)14-4-3-13-9;1-13-9-4-3-7(8(12)6-11)5-10(9)14-2;2*10-4-7(11)6-1-2-8-9(3-6)13-5-12-8/h6-10,13H,4-5,15H2,1-3H3;7-9,13-14H,2-6H2,1H3;5-7,12-14H,1-4,8H2;6-8,12-13H,2-5H2,1H3;4-6,11-13H,1-3,7H2;2*1-2,5,8,11-12H,3-4,6H2;3-5,8,11-12H,6H2,1-2H3;2*1-3,7,10-11H,4-5H2/t10-,13?;13-;2*12-;11-;3*8-;2*7-/m0101010010/s1. The van der Waals surface area contributed by atoms with Crippen LogP contribution in [0.2, 0.25) is 0 Å². The van der Waals surface area contributed by atoms with E-state index in [0.717, 1.165) is 79.2 Å². The summed E-state index contributed by atoms with van der Waals surface area (Å²) in [4.78, 5) is 11.5. The highest BCUT2D eigenvalue weighted by molar-refractivity contribution is 5.75. The number of fused-ring (bicyclic) bond motifs is 8. The van der Waals surface area contributed by atoms with Gasteiger partial charge in [-0.25, -0.2) is 0 Å². The van der Waals surface area contributed by atoms with Gasteiger partial charge in [0.1, 0.15) is 81.3 Å². The minimum atomic E-state index is -0.880. The fourth-order valence-electron chi connectivity index (χ4n) is 16.2. The fraction of sp³-hybridized carbons (Fsp3) is 0.445. The second-order valence-electron chi connectivity index (χ2n) is 34.3. The van der Waals surface area contributed by atoms with E-state index in [-0.39, 0.29) is 84.1 Å². The Kier molecular flexibility index (Phi) is 47.3. The molecule has 29 heteroatoms. The highest BCUT2D eigenvalue weighted by atomic mass is 16.7. The summed E-state index contributed by atoms with van der Waals surface area (Å²) in [5.41, 5.74) is 26.1. The molecule has 8 aliphatic rings. The van der Waals surface area contributed by atoms with Crippen LogP contribution < -0.4 is 53.1 Å². The molecule has 29 nitrogen and oxygen atoms in total. The maximum Gasteiger partial charge on any atom is 0.323 e. The number of methoxy groups -OCH3 is 2. The van der Waals surface area contributed by atoms with E-state index in [4.69, 9.17) is 93.6 Å². The summed E-state index contributed by atoms with van der Waals surface area (Å²) < 4.78 is 57.2. The number of hydrogen-bond acceptors (Lipinski definition) is 29. The van der Waals surface area contributed by atoms with Gasteiger partial charge in [0.15, 0.2) is 57.5 Å². The van der Waals surface area contributed by atoms with Crippen LogP contribution in [0, 0.1) is 0 Å². The first-order valence-corrected chi connectivity index (χ1v) is 48.0. The predicted octanol–water partition coefficient (Wildman–Crippen LogP) is 13.6. The first-order chi connectivity index (χ1) is 67.3. The molecule has 1 unspecified atom stereocenters. The van der Waals surface area contributed by atoms with Gasteiger partial charge in [0.2, 0.25) is 13.6 Å². The molecule has 0 saturated heterocycles. The van der Waals surface area contributed by atoms with Crippen molar-refractivity contribution in [2.75, 3.05) is 100 Å². The Hall–Kier alpha value is -11.0. The molecule has 0 fully saturated rings. The Balaban J connectivity index is 0.000000173. The monoisotopic (exact) mass is 1930 g/mol. The third kappa shape index (κ3) is 33.9. The number of nitrogens with two attached hydrogens (primary N) is 1. The summed E-state index contributed by atoms with van der Waals surface area (Å²) in [6.45, 7) is 10.5. The zero-order chi connectivity index (χ0) is 100. The molecule has 4 heterocycles. The number of aliphatic hydroxyl groups is 16. The molecular weight excluding hydrogens is 1780 g/mol. The molecule has 11 atom stereocenters. The van der Waals surface area contributed by atoms with Crippen molar-refractivity contribution < 1.29 is 139 Å². The Bertz CT molecular complexity index is 4760. The fourth-order valence-corrected chi connectivity index (χ4v) is 16.2. The molecule has 10 aromatic rings. The highest BCUT2D eigenvalue weighted by Gasteiger charge is 2.25. The number of aryl methyl sites for hydroxylation is 9. The minimum absolute atomic E-state index is 0.194. The maximum absolute atomic E-state index is 11.5. The molecule has 756 valence electrons. The molecule has 0 spiro atoms. The Morgan fingerprint density at radius 2 is 0.568 bits per heavy atom. The van der Waals surface area contributed by atoms with Gasteiger partial charge < -0.3 is 140 Å². The molecule has 4 aliphatic heterocycles. The van der Waals surface area contributed by atoms with E-state index in [1.807, 2.05) is 57.2 Å². The molecule has 18 rings (SSSR count). The molecule has 139 heavy (non-hydrogen) atoms. The van der Waals surface area contributed by atoms with Crippen molar-refractivity contribution in [1.82, 2.24) is 0 Å². The largest absolute Gasteiger partial charge is 0.493 e. The van der Waals surface area contributed by atoms with Crippen molar-refractivity contribution >= 4 is 5.97 Å². The molecule has 0 saturated carbocycles. The number of ether oxygens (including phenoxy) is 11. The third-order valence-corrected chi connectivity index (χ3v) is 24.5. The zero-order valence-electron chi connectivity index (χ0n) is 80.8. The minimum Gasteiger partial charge on any atom is -0.493 e. The van der Waals surface area contributed by atoms with Crippen LogP contribution in [-0.2, 0) is 67.3 Å². The normalized spacial score (nSPS) is 16.0. The average molecular weight is 1930 g/mol. The summed E-state index contributed by atoms with van der Waals surface area (Å²) in [6, 6.07) is 58.0. The number of esters is 1. The third-order valence-electron chi connectivity index (χ3n) is 24.5. The molecular formula is C110H143NO28. The van der Waals surface area contributed by atoms with Crippen molar-refractivity contribution in [2.24, 2.45) is 5.73 Å². The smallest absolute Gasteiger partial charge is 0.323 e. The van der Waals surface area contributed by atoms with Crippen LogP contribution in [0.25, 0.3) is 0 Å². The summed E-state index contributed by atoms with van der Waals surface area (Å²) in [5.74, 6) is 5.99. The number of carbonyl (C=O) groups is 1. The zero-order valence-corrected chi connectivity index (χ0v) is 80.8. The van der Waals surface area contributed by atoms with Gasteiger partial charge in [-0.3, -0.25) is 4.79 Å². The van der Waals surface area contributed by atoms with Gasteiger partial charge in [0.25, 0.3) is 0 Å². The van der Waals surface area contributed by atoms with Gasteiger partial charge in [-0.15, -0.1) is 0 Å². The molecule has 10 aromatic carbocycles. The van der Waals surface area contributed by atoms with Crippen molar-refractivity contribution in [3.63, 3.8) is 0 Å². The molecule has 18 N–H and O–H groups in total. The molecule has 4 aliphatic carbocycles. The van der Waals surface area contributed by atoms with Gasteiger partial charge in [-0.05, 0) is 289 Å². The van der Waals surface area contributed by atoms with Crippen LogP contribution in [-0.4, -0.2) is 194 Å². The average Bonchev–Trinajstić information content (AvgIpc) is 1.07. The SMILES string of the molecule is CC[C@@H](O)c1ccc2c(c1)CCC2.CC[C@@H](O)c1ccc2c(c1)CCCC2.CCc1cccc(C(CC)OC(=O)[C@H](C)N)c1.COc1ccc([C@@H](O)CO)cc1OC.OC[C@@H](O)c1ccc2c(c1)OCCO2.OC[C@@H](O)c1ccc2c(c1)OCO2.OC[C@H](O)c1ccc2c(c1)CCC2.OC[C@H](O)c1ccc2c(c1)CCCC2.OC[C@H](O)c1ccc2c(c1)OCCO2.OC[C@H](O)c1ccc2c(c1)OCO2. The Morgan fingerprint density at radius 3 is 0.885 bits per heavy atom. The molecule has 0 radical (unpaired) electrons. The number of carbonyl (C=O) groups excluding carboxylic acids is 1. The first-order valence-electron chi connectivity index (χ1n) is 48.0. The lowest BCUT2D eigenvalue weighted by molar-refractivity contribution is -0.150. The van der Waals surface area contributed by atoms with Gasteiger partial charge in [-0.1, -0.05) is 155 Å². The number of rotatable bonds is 25. The Labute approximate surface area is 815 Å². The summed E-state index contributed by atoms with van der Waals surface area (Å²) in [5, 5.41) is 146. The van der Waals surface area contributed by atoms with E-state index in [1.165, 1.54) is 121 Å². The number of aliphatic hydroxyl groups excluding tert-OH is 16. The molecule has 0 aromatic heterocycles. The van der Waals surface area contributed by atoms with Gasteiger partial charge in [0, 0.05) is 0 Å². The Morgan fingerprint density at radius 1 is 0.295 bits per heavy atom. The first kappa shape index (κ1) is 112. The van der Waals surface area contributed by atoms with Crippen LogP contribution in [0.3, 0.4) is 0 Å². The van der Waals surface area contributed by atoms with E-state index in [9.17, 15) is 50.8 Å². The van der Waals surface area contributed by atoms with Crippen molar-refractivity contribution in [1.29, 1.82) is 0 Å². The van der Waals surface area contributed by atoms with Crippen LogP contribution in [0.5, 0.6) is 57.5 Å². The quantitative estimate of drug-likeness (QED) is 0.0236. The molecule has 0 amide bonds. The van der Waals surface area contributed by atoms with E-state index >= 15 is 0 Å². The summed E-state index contributed by atoms with van der Waals surface area (Å²) in [6.07, 6.45) is 13.9. The van der Waals surface area contributed by atoms with Gasteiger partial charge in [0.05, 0.1) is 72.7 Å². The van der Waals surface area contributed by atoms with Crippen molar-refractivity contribution in [2.45, 2.75) is 217 Å². The van der Waals surface area contributed by atoms with E-state index in [2.05, 4.69) is 67.6 Å². The van der Waals surface area contributed by atoms with Crippen molar-refractivity contribution in [3.8, 4) is 57.5 Å². The van der Waals surface area contributed by atoms with Crippen LogP contribution in [0.1, 0.15) is 259 Å². The van der Waals surface area contributed by atoms with Crippen LogP contribution >= 0.6 is 0 Å². The van der Waals surface area contributed by atoms with Gasteiger partial charge in [-0.2, -0.15) is 0 Å². The summed E-state index contributed by atoms with van der Waals surface area (Å²) >= 11 is 0. The maximum atomic E-state index is 11.5. The lowest BCUT2D eigenvalue weighted by Crippen LogP contribution is -2.29. The second kappa shape index (κ2) is 58.9. The number of hydrogen-bond donors (Lipinski definition) is 17. The summed E-state index contributed by atoms with van der Waals surface area (Å²) in [7, 11) is 3.06. The van der Waals surface area contributed by atoms with Gasteiger partial charge >= 0.3 is 5.97 Å². The highest BCUT2D eigenvalue weighted by Crippen LogP contribution is 2.40. The number of benzene rings is 10. The van der Waals surface area contributed by atoms with Crippen molar-refractivity contribution in [3.05, 3.63) is 294 Å². The topological polar surface area (TPSA) is 468 Å². The van der Waals surface area contributed by atoms with Crippen LogP contribution in [0.15, 0.2) is 188 Å². The lowest BCUT2D eigenvalue weighted by atomic mass is 9.89. The molecule has 0 bridgehead atoms. The lowest BCUT2D eigenvalue weighted by Gasteiger charge is -2.19.